The molecule has 1 aliphatic carbocycles. The van der Waals surface area contributed by atoms with Crippen LogP contribution in [0, 0.1) is 5.92 Å². The summed E-state index contributed by atoms with van der Waals surface area (Å²) in [5, 5.41) is 5.28. The zero-order valence-corrected chi connectivity index (χ0v) is 14.9. The molecule has 4 heterocycles. The van der Waals surface area contributed by atoms with Crippen molar-refractivity contribution in [1.29, 1.82) is 0 Å². The van der Waals surface area contributed by atoms with E-state index in [4.69, 9.17) is 0 Å². The van der Waals surface area contributed by atoms with Crippen molar-refractivity contribution >= 4 is 32.6 Å². The van der Waals surface area contributed by atoms with E-state index in [-0.39, 0.29) is 18.8 Å². The van der Waals surface area contributed by atoms with Gasteiger partial charge in [-0.15, -0.1) is 11.3 Å². The predicted molar refractivity (Wildman–Crippen MR) is 98.5 cm³/mol. The van der Waals surface area contributed by atoms with Crippen LogP contribution in [0.15, 0.2) is 36.8 Å². The van der Waals surface area contributed by atoms with E-state index in [1.54, 1.807) is 16.0 Å². The maximum absolute atomic E-state index is 13.0. The molecule has 0 atom stereocenters. The molecule has 0 bridgehead atoms. The minimum Gasteiger partial charge on any atom is -0.273 e. The average molecular weight is 370 g/mol. The molecule has 0 N–H and O–H groups in total. The Hall–Kier alpha value is -2.41. The van der Waals surface area contributed by atoms with Crippen LogP contribution < -0.4 is 0 Å². The van der Waals surface area contributed by atoms with Gasteiger partial charge in [-0.1, -0.05) is 0 Å². The van der Waals surface area contributed by atoms with Gasteiger partial charge in [-0.25, -0.2) is 13.8 Å². The molecule has 7 heteroatoms. The third kappa shape index (κ3) is 2.76. The normalized spacial score (nSPS) is 17.0. The molecule has 132 valence electrons. The molecule has 1 saturated carbocycles. The fraction of sp³-hybridized carbons (Fsp3) is 0.316. The van der Waals surface area contributed by atoms with E-state index in [0.29, 0.717) is 0 Å². The second-order valence-corrected chi connectivity index (χ2v) is 8.26. The van der Waals surface area contributed by atoms with Gasteiger partial charge in [-0.05, 0) is 30.5 Å². The molecule has 4 aromatic heterocycles. The average Bonchev–Trinajstić information content (AvgIpc) is 3.12. The minimum absolute atomic E-state index is 0.0106. The predicted octanol–water partition coefficient (Wildman–Crippen LogP) is 4.83. The first-order valence-corrected chi connectivity index (χ1v) is 9.33. The van der Waals surface area contributed by atoms with Gasteiger partial charge in [0.1, 0.15) is 0 Å². The van der Waals surface area contributed by atoms with Crippen LogP contribution in [-0.2, 0) is 13.5 Å². The van der Waals surface area contributed by atoms with Gasteiger partial charge < -0.3 is 0 Å². The Bertz CT molecular complexity index is 1120. The van der Waals surface area contributed by atoms with Crippen molar-refractivity contribution in [2.75, 3.05) is 0 Å². The summed E-state index contributed by atoms with van der Waals surface area (Å²) in [7, 11) is 1.88. The SMILES string of the molecule is Cn1cc2cc(-c3cnc4cc(CC5CC(F)(F)C5)sc4c3)cnc2n1. The summed E-state index contributed by atoms with van der Waals surface area (Å²) in [5.41, 5.74) is 3.64. The molecule has 0 amide bonds. The summed E-state index contributed by atoms with van der Waals surface area (Å²) < 4.78 is 28.9. The van der Waals surface area contributed by atoms with Crippen molar-refractivity contribution in [3.8, 4) is 11.1 Å². The summed E-state index contributed by atoms with van der Waals surface area (Å²) in [6.45, 7) is 0. The number of rotatable bonds is 3. The molecule has 4 aromatic rings. The standard InChI is InChI=1S/C19H16F2N4S/c1-25-10-14-3-12(9-23-18(14)24-25)13-4-17-16(22-8-13)5-15(26-17)2-11-6-19(20,21)7-11/h3-5,8-11H,2,6-7H2,1H3. The highest BCUT2D eigenvalue weighted by atomic mass is 32.1. The van der Waals surface area contributed by atoms with Crippen molar-refractivity contribution < 1.29 is 8.78 Å². The first-order valence-electron chi connectivity index (χ1n) is 8.51. The topological polar surface area (TPSA) is 43.6 Å². The lowest BCUT2D eigenvalue weighted by Crippen LogP contribution is -2.36. The van der Waals surface area contributed by atoms with Crippen molar-refractivity contribution in [2.24, 2.45) is 13.0 Å². The van der Waals surface area contributed by atoms with Crippen molar-refractivity contribution in [3.05, 3.63) is 41.7 Å². The van der Waals surface area contributed by atoms with Crippen LogP contribution in [0.25, 0.3) is 32.4 Å². The third-order valence-electron chi connectivity index (χ3n) is 4.89. The number of halogens is 2. The van der Waals surface area contributed by atoms with Gasteiger partial charge in [0.15, 0.2) is 5.65 Å². The lowest BCUT2D eigenvalue weighted by molar-refractivity contribution is -0.109. The van der Waals surface area contributed by atoms with Gasteiger partial charge in [0.25, 0.3) is 0 Å². The molecule has 0 unspecified atom stereocenters. The van der Waals surface area contributed by atoms with E-state index in [1.807, 2.05) is 31.7 Å². The van der Waals surface area contributed by atoms with E-state index in [9.17, 15) is 8.78 Å². The number of pyridine rings is 2. The van der Waals surface area contributed by atoms with Crippen molar-refractivity contribution in [3.63, 3.8) is 0 Å². The van der Waals surface area contributed by atoms with Gasteiger partial charge in [-0.2, -0.15) is 5.10 Å². The number of nitrogens with zero attached hydrogens (tertiary/aromatic N) is 4. The molecule has 1 aliphatic rings. The fourth-order valence-electron chi connectivity index (χ4n) is 3.63. The lowest BCUT2D eigenvalue weighted by atomic mass is 9.79. The van der Waals surface area contributed by atoms with Crippen molar-refractivity contribution in [2.45, 2.75) is 25.2 Å². The van der Waals surface area contributed by atoms with E-state index in [1.165, 1.54) is 0 Å². The van der Waals surface area contributed by atoms with Crippen LogP contribution in [0.4, 0.5) is 8.78 Å². The highest BCUT2D eigenvalue weighted by Crippen LogP contribution is 2.45. The molecule has 0 aromatic carbocycles. The molecule has 0 aliphatic heterocycles. The molecule has 0 radical (unpaired) electrons. The van der Waals surface area contributed by atoms with Crippen LogP contribution in [0.3, 0.4) is 0 Å². The Morgan fingerprint density at radius 1 is 1.15 bits per heavy atom. The first kappa shape index (κ1) is 15.8. The summed E-state index contributed by atoms with van der Waals surface area (Å²) >= 11 is 1.65. The second kappa shape index (κ2) is 5.54. The number of alkyl halides is 2. The van der Waals surface area contributed by atoms with Gasteiger partial charge in [0, 0.05) is 59.9 Å². The van der Waals surface area contributed by atoms with Gasteiger partial charge >= 0.3 is 0 Å². The van der Waals surface area contributed by atoms with Gasteiger partial charge in [0.2, 0.25) is 5.92 Å². The Labute approximate surface area is 152 Å². The monoisotopic (exact) mass is 370 g/mol. The Balaban J connectivity index is 1.45. The van der Waals surface area contributed by atoms with Crippen molar-refractivity contribution in [1.82, 2.24) is 19.7 Å². The largest absolute Gasteiger partial charge is 0.273 e. The molecule has 0 saturated heterocycles. The number of aromatic nitrogens is 4. The number of hydrogen-bond donors (Lipinski definition) is 0. The summed E-state index contributed by atoms with van der Waals surface area (Å²) in [6, 6.07) is 6.19. The fourth-order valence-corrected chi connectivity index (χ4v) is 4.81. The zero-order chi connectivity index (χ0) is 17.9. The van der Waals surface area contributed by atoms with Crippen LogP contribution in [0.2, 0.25) is 0 Å². The van der Waals surface area contributed by atoms with Crippen LogP contribution in [-0.4, -0.2) is 25.7 Å². The van der Waals surface area contributed by atoms with Crippen LogP contribution >= 0.6 is 11.3 Å². The van der Waals surface area contributed by atoms with E-state index >= 15 is 0 Å². The van der Waals surface area contributed by atoms with Gasteiger partial charge in [0.05, 0.1) is 10.2 Å². The number of thiophene rings is 1. The number of aryl methyl sites for hydroxylation is 1. The Morgan fingerprint density at radius 2 is 1.92 bits per heavy atom. The maximum atomic E-state index is 13.0. The molecule has 5 rings (SSSR count). The molecule has 1 fully saturated rings. The molecular formula is C19H16F2N4S. The quantitative estimate of drug-likeness (QED) is 0.519. The van der Waals surface area contributed by atoms with E-state index in [2.05, 4.69) is 27.2 Å². The molecule has 4 nitrogen and oxygen atoms in total. The number of hydrogen-bond acceptors (Lipinski definition) is 4. The molecular weight excluding hydrogens is 354 g/mol. The van der Waals surface area contributed by atoms with Gasteiger partial charge in [-0.3, -0.25) is 9.67 Å². The highest BCUT2D eigenvalue weighted by Gasteiger charge is 2.45. The summed E-state index contributed by atoms with van der Waals surface area (Å²) in [5.74, 6) is -2.36. The summed E-state index contributed by atoms with van der Waals surface area (Å²) in [4.78, 5) is 10.1. The highest BCUT2D eigenvalue weighted by molar-refractivity contribution is 7.19. The lowest BCUT2D eigenvalue weighted by Gasteiger charge is -2.34. The molecule has 0 spiro atoms. The molecule has 26 heavy (non-hydrogen) atoms. The second-order valence-electron chi connectivity index (χ2n) is 7.09. The summed E-state index contributed by atoms with van der Waals surface area (Å²) in [6.07, 6.45) is 6.33. The minimum atomic E-state index is -2.45. The van der Waals surface area contributed by atoms with Crippen LogP contribution in [0.1, 0.15) is 17.7 Å². The first-order chi connectivity index (χ1) is 12.4. The smallest absolute Gasteiger partial charge is 0.248 e. The Morgan fingerprint density at radius 3 is 2.73 bits per heavy atom. The number of fused-ring (bicyclic) bond motifs is 2. The Kier molecular flexibility index (Phi) is 3.37. The zero-order valence-electron chi connectivity index (χ0n) is 14.1. The maximum Gasteiger partial charge on any atom is 0.248 e. The van der Waals surface area contributed by atoms with Crippen LogP contribution in [0.5, 0.6) is 0 Å². The van der Waals surface area contributed by atoms with E-state index < -0.39 is 5.92 Å². The third-order valence-corrected chi connectivity index (χ3v) is 5.99. The van der Waals surface area contributed by atoms with E-state index in [0.717, 1.165) is 43.7 Å².